The Morgan fingerprint density at radius 2 is 1.61 bits per heavy atom. The minimum absolute atomic E-state index is 0.0251. The summed E-state index contributed by atoms with van der Waals surface area (Å²) in [6, 6.07) is 11.0. The quantitative estimate of drug-likeness (QED) is 0.562. The third-order valence-electron chi connectivity index (χ3n) is 4.10. The summed E-state index contributed by atoms with van der Waals surface area (Å²) in [6.07, 6.45) is 3.29. The lowest BCUT2D eigenvalue weighted by atomic mass is 10.1. The topological polar surface area (TPSA) is 136 Å². The highest BCUT2D eigenvalue weighted by Gasteiger charge is 2.17. The van der Waals surface area contributed by atoms with E-state index in [0.29, 0.717) is 13.0 Å². The average molecular weight is 446 g/mol. The van der Waals surface area contributed by atoms with Gasteiger partial charge in [0, 0.05) is 12.1 Å². The highest BCUT2D eigenvalue weighted by molar-refractivity contribution is 7.89. The SMILES string of the molecule is CCCC.CCCNS(=O)(=O)c1ccc(C(=O)Nc2ccc(C#N)cc2C(=O)O)cc1. The van der Waals surface area contributed by atoms with Crippen LogP contribution in [-0.2, 0) is 10.0 Å². The molecule has 1 amide bonds. The molecule has 3 N–H and O–H groups in total. The van der Waals surface area contributed by atoms with Gasteiger partial charge < -0.3 is 10.4 Å². The molecule has 0 aromatic heterocycles. The van der Waals surface area contributed by atoms with E-state index < -0.39 is 21.9 Å². The Balaban J connectivity index is 0.00000110. The number of carboxylic acid groups (broad SMARTS) is 1. The van der Waals surface area contributed by atoms with Gasteiger partial charge in [0.1, 0.15) is 0 Å². The first-order valence-electron chi connectivity index (χ1n) is 9.88. The number of sulfonamides is 1. The summed E-state index contributed by atoms with van der Waals surface area (Å²) in [7, 11) is -3.64. The van der Waals surface area contributed by atoms with Crippen molar-refractivity contribution in [3.63, 3.8) is 0 Å². The van der Waals surface area contributed by atoms with E-state index in [9.17, 15) is 23.1 Å². The Morgan fingerprint density at radius 1 is 1.00 bits per heavy atom. The molecule has 0 aliphatic heterocycles. The second kappa shape index (κ2) is 12.5. The second-order valence-electron chi connectivity index (χ2n) is 6.55. The molecule has 0 bridgehead atoms. The number of aromatic carboxylic acids is 1. The smallest absolute Gasteiger partial charge is 0.337 e. The summed E-state index contributed by atoms with van der Waals surface area (Å²) in [5.74, 6) is -1.89. The number of unbranched alkanes of at least 4 members (excludes halogenated alkanes) is 1. The maximum atomic E-state index is 12.3. The molecule has 0 spiro atoms. The number of nitrogens with zero attached hydrogens (tertiary/aromatic N) is 1. The highest BCUT2D eigenvalue weighted by Crippen LogP contribution is 2.19. The zero-order chi connectivity index (χ0) is 23.4. The van der Waals surface area contributed by atoms with Gasteiger partial charge in [-0.25, -0.2) is 17.9 Å². The van der Waals surface area contributed by atoms with Crippen LogP contribution in [0.3, 0.4) is 0 Å². The number of nitriles is 1. The molecule has 9 heteroatoms. The van der Waals surface area contributed by atoms with Crippen LogP contribution in [0.15, 0.2) is 47.4 Å². The van der Waals surface area contributed by atoms with Crippen molar-refractivity contribution in [2.24, 2.45) is 0 Å². The van der Waals surface area contributed by atoms with Gasteiger partial charge in [0.05, 0.1) is 27.8 Å². The van der Waals surface area contributed by atoms with Gasteiger partial charge in [0.25, 0.3) is 5.91 Å². The molecule has 0 saturated carbocycles. The lowest BCUT2D eigenvalue weighted by Gasteiger charge is -2.10. The van der Waals surface area contributed by atoms with Crippen LogP contribution in [0.2, 0.25) is 0 Å². The van der Waals surface area contributed by atoms with E-state index in [0.717, 1.165) is 6.07 Å². The van der Waals surface area contributed by atoms with Crippen molar-refractivity contribution in [3.05, 3.63) is 59.2 Å². The van der Waals surface area contributed by atoms with Gasteiger partial charge in [-0.3, -0.25) is 4.79 Å². The molecule has 0 aliphatic rings. The van der Waals surface area contributed by atoms with Gasteiger partial charge in [-0.15, -0.1) is 0 Å². The minimum Gasteiger partial charge on any atom is -0.478 e. The standard InChI is InChI=1S/C18H17N3O5S.C4H10/c1-2-9-20-27(25,26)14-6-4-13(5-7-14)17(22)21-16-8-3-12(11-19)10-15(16)18(23)24;1-3-4-2/h3-8,10,20H,2,9H2,1H3,(H,21,22)(H,23,24);3-4H2,1-2H3. The highest BCUT2D eigenvalue weighted by atomic mass is 32.2. The fourth-order valence-corrected chi connectivity index (χ4v) is 3.33. The Bertz CT molecular complexity index is 1040. The third-order valence-corrected chi connectivity index (χ3v) is 5.57. The first-order valence-corrected chi connectivity index (χ1v) is 11.4. The molecule has 0 atom stereocenters. The van der Waals surface area contributed by atoms with Crippen molar-refractivity contribution in [1.82, 2.24) is 4.72 Å². The number of anilines is 1. The van der Waals surface area contributed by atoms with Crippen molar-refractivity contribution in [1.29, 1.82) is 5.26 Å². The summed E-state index contributed by atoms with van der Waals surface area (Å²) in [6.45, 7) is 6.51. The zero-order valence-corrected chi connectivity index (χ0v) is 18.6. The number of hydrogen-bond donors (Lipinski definition) is 3. The van der Waals surface area contributed by atoms with Crippen LogP contribution in [0.5, 0.6) is 0 Å². The van der Waals surface area contributed by atoms with Crippen LogP contribution in [0.25, 0.3) is 0 Å². The maximum Gasteiger partial charge on any atom is 0.337 e. The molecule has 0 heterocycles. The summed E-state index contributed by atoms with van der Waals surface area (Å²) in [5.41, 5.74) is 0.128. The van der Waals surface area contributed by atoms with Gasteiger partial charge in [-0.1, -0.05) is 33.6 Å². The number of carbonyl (C=O) groups is 2. The third kappa shape index (κ3) is 7.85. The van der Waals surface area contributed by atoms with Crippen LogP contribution >= 0.6 is 0 Å². The predicted octanol–water partition coefficient (Wildman–Crippen LogP) is 4.00. The van der Waals surface area contributed by atoms with Crippen LogP contribution in [0.1, 0.15) is 66.3 Å². The van der Waals surface area contributed by atoms with Crippen LogP contribution in [0.4, 0.5) is 5.69 Å². The number of nitrogens with one attached hydrogen (secondary N) is 2. The minimum atomic E-state index is -3.64. The normalized spacial score (nSPS) is 10.4. The van der Waals surface area contributed by atoms with Gasteiger partial charge in [-0.2, -0.15) is 5.26 Å². The monoisotopic (exact) mass is 445 g/mol. The Kier molecular flexibility index (Phi) is 10.4. The molecule has 2 aromatic carbocycles. The van der Waals surface area contributed by atoms with E-state index >= 15 is 0 Å². The molecule has 0 aliphatic carbocycles. The second-order valence-corrected chi connectivity index (χ2v) is 8.32. The number of benzene rings is 2. The van der Waals surface area contributed by atoms with Crippen molar-refractivity contribution in [2.75, 3.05) is 11.9 Å². The largest absolute Gasteiger partial charge is 0.478 e. The molecule has 8 nitrogen and oxygen atoms in total. The number of hydrogen-bond acceptors (Lipinski definition) is 5. The van der Waals surface area contributed by atoms with E-state index in [1.807, 2.05) is 13.0 Å². The van der Waals surface area contributed by atoms with Gasteiger partial charge in [-0.05, 0) is 48.9 Å². The first kappa shape index (κ1) is 25.8. The summed E-state index contributed by atoms with van der Waals surface area (Å²) < 4.78 is 26.5. The van der Waals surface area contributed by atoms with E-state index in [1.165, 1.54) is 49.2 Å². The van der Waals surface area contributed by atoms with Crippen LogP contribution < -0.4 is 10.0 Å². The summed E-state index contributed by atoms with van der Waals surface area (Å²) in [5, 5.41) is 20.5. The van der Waals surface area contributed by atoms with Gasteiger partial charge in [0.2, 0.25) is 10.0 Å². The number of amides is 1. The lowest BCUT2D eigenvalue weighted by Crippen LogP contribution is -2.24. The first-order chi connectivity index (χ1) is 14.7. The van der Waals surface area contributed by atoms with Crippen molar-refractivity contribution >= 4 is 27.6 Å². The van der Waals surface area contributed by atoms with Crippen LogP contribution in [-0.4, -0.2) is 31.9 Å². The summed E-state index contributed by atoms with van der Waals surface area (Å²) >= 11 is 0. The number of carboxylic acids is 1. The van der Waals surface area contributed by atoms with Crippen molar-refractivity contribution in [3.8, 4) is 6.07 Å². The maximum absolute atomic E-state index is 12.3. The van der Waals surface area contributed by atoms with Gasteiger partial charge in [0.15, 0.2) is 0 Å². The molecule has 0 saturated heterocycles. The van der Waals surface area contributed by atoms with E-state index in [2.05, 4.69) is 23.9 Å². The molecule has 0 radical (unpaired) electrons. The van der Waals surface area contributed by atoms with Crippen molar-refractivity contribution < 1.29 is 23.1 Å². The van der Waals surface area contributed by atoms with Gasteiger partial charge >= 0.3 is 5.97 Å². The number of carbonyl (C=O) groups excluding carboxylic acids is 1. The van der Waals surface area contributed by atoms with Crippen LogP contribution in [0, 0.1) is 11.3 Å². The molecule has 0 fully saturated rings. The Morgan fingerprint density at radius 3 is 2.10 bits per heavy atom. The summed E-state index contributed by atoms with van der Waals surface area (Å²) in [4.78, 5) is 23.7. The zero-order valence-electron chi connectivity index (χ0n) is 17.8. The molecule has 2 aromatic rings. The Hall–Kier alpha value is -3.22. The van der Waals surface area contributed by atoms with E-state index in [4.69, 9.17) is 5.26 Å². The van der Waals surface area contributed by atoms with E-state index in [-0.39, 0.29) is 27.3 Å². The number of rotatable bonds is 8. The molecule has 166 valence electrons. The molecular formula is C22H27N3O5S. The fourth-order valence-electron chi connectivity index (χ4n) is 2.20. The van der Waals surface area contributed by atoms with E-state index in [1.54, 1.807) is 0 Å². The Labute approximate surface area is 183 Å². The molecule has 31 heavy (non-hydrogen) atoms. The predicted molar refractivity (Wildman–Crippen MR) is 119 cm³/mol. The average Bonchev–Trinajstić information content (AvgIpc) is 2.78. The molecule has 0 unspecified atom stereocenters. The van der Waals surface area contributed by atoms with Crippen molar-refractivity contribution in [2.45, 2.75) is 44.9 Å². The fraction of sp³-hybridized carbons (Fsp3) is 0.318. The molecule has 2 rings (SSSR count). The lowest BCUT2D eigenvalue weighted by molar-refractivity contribution is 0.0698. The molecular weight excluding hydrogens is 418 g/mol.